The lowest BCUT2D eigenvalue weighted by atomic mass is 9.99. The standard InChI is InChI=1S/C28H35NO3Si/c1-21-16-17-22(26(29)19-27(30)31-5)18-23(21)20-32-33(28(2,3)4,24-12-8-6-9-13-24)25-14-10-7-11-15-25/h6-18,26H,19-20,29H2,1-5H3. The third-order valence-corrected chi connectivity index (χ3v) is 11.3. The Balaban J connectivity index is 2.02. The van der Waals surface area contributed by atoms with Gasteiger partial charge in [0.2, 0.25) is 0 Å². The normalized spacial score (nSPS) is 12.9. The molecular formula is C28H35NO3Si. The van der Waals surface area contributed by atoms with Gasteiger partial charge in [0.25, 0.3) is 8.32 Å². The van der Waals surface area contributed by atoms with Crippen molar-refractivity contribution in [3.8, 4) is 0 Å². The van der Waals surface area contributed by atoms with Crippen LogP contribution in [-0.4, -0.2) is 21.4 Å². The number of hydrogen-bond donors (Lipinski definition) is 1. The molecule has 0 fully saturated rings. The fourth-order valence-corrected chi connectivity index (χ4v) is 8.93. The zero-order valence-corrected chi connectivity index (χ0v) is 21.3. The number of carbonyl (C=O) groups excluding carboxylic acids is 1. The first-order chi connectivity index (χ1) is 15.7. The van der Waals surface area contributed by atoms with Crippen molar-refractivity contribution < 1.29 is 14.0 Å². The minimum atomic E-state index is -2.64. The van der Waals surface area contributed by atoms with Crippen molar-refractivity contribution in [1.29, 1.82) is 0 Å². The smallest absolute Gasteiger partial charge is 0.307 e. The summed E-state index contributed by atoms with van der Waals surface area (Å²) in [6, 6.07) is 26.9. The summed E-state index contributed by atoms with van der Waals surface area (Å²) in [7, 11) is -1.25. The van der Waals surface area contributed by atoms with Gasteiger partial charge in [-0.1, -0.05) is 99.6 Å². The van der Waals surface area contributed by atoms with Gasteiger partial charge in [0.1, 0.15) is 0 Å². The number of rotatable bonds is 8. The van der Waals surface area contributed by atoms with E-state index in [2.05, 4.69) is 88.4 Å². The second-order valence-corrected chi connectivity index (χ2v) is 13.8. The van der Waals surface area contributed by atoms with E-state index >= 15 is 0 Å². The van der Waals surface area contributed by atoms with Crippen molar-refractivity contribution in [3.05, 3.63) is 95.6 Å². The summed E-state index contributed by atoms with van der Waals surface area (Å²) in [4.78, 5) is 11.7. The topological polar surface area (TPSA) is 61.5 Å². The van der Waals surface area contributed by atoms with Gasteiger partial charge in [-0.3, -0.25) is 4.79 Å². The van der Waals surface area contributed by atoms with Crippen LogP contribution in [0, 0.1) is 6.92 Å². The van der Waals surface area contributed by atoms with Crippen molar-refractivity contribution in [2.24, 2.45) is 5.73 Å². The number of nitrogens with two attached hydrogens (primary N) is 1. The highest BCUT2D eigenvalue weighted by atomic mass is 28.4. The maximum Gasteiger partial charge on any atom is 0.307 e. The first kappa shape index (κ1) is 24.9. The van der Waals surface area contributed by atoms with E-state index in [-0.39, 0.29) is 17.4 Å². The molecule has 0 aliphatic carbocycles. The fourth-order valence-electron chi connectivity index (χ4n) is 4.41. The number of esters is 1. The maximum atomic E-state index is 11.7. The first-order valence-corrected chi connectivity index (χ1v) is 13.3. The van der Waals surface area contributed by atoms with Gasteiger partial charge >= 0.3 is 5.97 Å². The fraction of sp³-hybridized carbons (Fsp3) is 0.321. The molecule has 1 unspecified atom stereocenters. The lowest BCUT2D eigenvalue weighted by molar-refractivity contribution is -0.141. The van der Waals surface area contributed by atoms with Crippen LogP contribution in [0.1, 0.15) is 49.9 Å². The molecule has 0 saturated carbocycles. The van der Waals surface area contributed by atoms with Gasteiger partial charge in [-0.25, -0.2) is 0 Å². The lowest BCUT2D eigenvalue weighted by Crippen LogP contribution is -2.66. The number of methoxy groups -OCH3 is 1. The Morgan fingerprint density at radius 2 is 1.48 bits per heavy atom. The van der Waals surface area contributed by atoms with Crippen molar-refractivity contribution >= 4 is 24.7 Å². The monoisotopic (exact) mass is 461 g/mol. The van der Waals surface area contributed by atoms with Crippen LogP contribution in [0.2, 0.25) is 5.04 Å². The second-order valence-electron chi connectivity index (χ2n) is 9.52. The van der Waals surface area contributed by atoms with Gasteiger partial charge in [0.05, 0.1) is 20.1 Å². The first-order valence-electron chi connectivity index (χ1n) is 11.4. The molecule has 0 aromatic heterocycles. The summed E-state index contributed by atoms with van der Waals surface area (Å²) in [6.07, 6.45) is 0.147. The number of hydrogen-bond acceptors (Lipinski definition) is 4. The van der Waals surface area contributed by atoms with Gasteiger partial charge in [-0.15, -0.1) is 0 Å². The Kier molecular flexibility index (Phi) is 7.90. The molecule has 33 heavy (non-hydrogen) atoms. The molecule has 3 rings (SSSR count). The Morgan fingerprint density at radius 3 is 1.97 bits per heavy atom. The molecule has 0 aliphatic heterocycles. The van der Waals surface area contributed by atoms with Gasteiger partial charge < -0.3 is 14.9 Å². The van der Waals surface area contributed by atoms with Crippen molar-refractivity contribution in [2.45, 2.75) is 51.8 Å². The van der Waals surface area contributed by atoms with E-state index in [9.17, 15) is 4.79 Å². The van der Waals surface area contributed by atoms with E-state index in [1.807, 2.05) is 18.2 Å². The van der Waals surface area contributed by atoms with Gasteiger partial charge in [-0.2, -0.15) is 0 Å². The Labute approximate surface area is 198 Å². The van der Waals surface area contributed by atoms with Crippen LogP contribution in [-0.2, 0) is 20.6 Å². The van der Waals surface area contributed by atoms with E-state index in [0.29, 0.717) is 6.61 Å². The van der Waals surface area contributed by atoms with Gasteiger partial charge in [0.15, 0.2) is 0 Å². The summed E-state index contributed by atoms with van der Waals surface area (Å²) >= 11 is 0. The molecule has 0 saturated heterocycles. The van der Waals surface area contributed by atoms with Crippen LogP contribution >= 0.6 is 0 Å². The highest BCUT2D eigenvalue weighted by molar-refractivity contribution is 6.99. The Morgan fingerprint density at radius 1 is 0.939 bits per heavy atom. The zero-order valence-electron chi connectivity index (χ0n) is 20.3. The number of aryl methyl sites for hydroxylation is 1. The Hall–Kier alpha value is -2.73. The van der Waals surface area contributed by atoms with E-state index in [1.165, 1.54) is 17.5 Å². The number of ether oxygens (including phenoxy) is 1. The van der Waals surface area contributed by atoms with Crippen LogP contribution in [0.3, 0.4) is 0 Å². The lowest BCUT2D eigenvalue weighted by Gasteiger charge is -2.43. The van der Waals surface area contributed by atoms with Crippen LogP contribution in [0.5, 0.6) is 0 Å². The molecule has 174 valence electrons. The van der Waals surface area contributed by atoms with Crippen molar-refractivity contribution in [1.82, 2.24) is 0 Å². The molecule has 3 aromatic rings. The molecule has 2 N–H and O–H groups in total. The quantitative estimate of drug-likeness (QED) is 0.392. The average molecular weight is 462 g/mol. The minimum Gasteiger partial charge on any atom is -0.469 e. The highest BCUT2D eigenvalue weighted by Crippen LogP contribution is 2.37. The molecular weight excluding hydrogens is 426 g/mol. The molecule has 1 atom stereocenters. The van der Waals surface area contributed by atoms with Gasteiger partial charge in [-0.05, 0) is 39.0 Å². The van der Waals surface area contributed by atoms with E-state index in [1.54, 1.807) is 0 Å². The summed E-state index contributed by atoms with van der Waals surface area (Å²) in [5.74, 6) is -0.312. The molecule has 4 nitrogen and oxygen atoms in total. The van der Waals surface area contributed by atoms with Crippen LogP contribution < -0.4 is 16.1 Å². The molecule has 0 spiro atoms. The third kappa shape index (κ3) is 5.44. The van der Waals surface area contributed by atoms with E-state index in [4.69, 9.17) is 14.9 Å². The summed E-state index contributed by atoms with van der Waals surface area (Å²) < 4.78 is 11.9. The molecule has 0 bridgehead atoms. The van der Waals surface area contributed by atoms with Crippen LogP contribution in [0.15, 0.2) is 78.9 Å². The molecule has 0 amide bonds. The SMILES string of the molecule is COC(=O)CC(N)c1ccc(C)c(CO[Si](c2ccccc2)(c2ccccc2)C(C)(C)C)c1. The predicted octanol–water partition coefficient (Wildman–Crippen LogP) is 4.63. The Bertz CT molecular complexity index is 1020. The third-order valence-electron chi connectivity index (χ3n) is 6.28. The van der Waals surface area contributed by atoms with E-state index in [0.717, 1.165) is 16.7 Å². The van der Waals surface area contributed by atoms with Crippen LogP contribution in [0.4, 0.5) is 0 Å². The summed E-state index contributed by atoms with van der Waals surface area (Å²) in [5.41, 5.74) is 9.42. The largest absolute Gasteiger partial charge is 0.469 e. The number of benzene rings is 3. The predicted molar refractivity (Wildman–Crippen MR) is 137 cm³/mol. The van der Waals surface area contributed by atoms with Gasteiger partial charge in [0, 0.05) is 6.04 Å². The second kappa shape index (κ2) is 10.5. The molecule has 5 heteroatoms. The number of carbonyl (C=O) groups is 1. The zero-order chi connectivity index (χ0) is 24.1. The molecule has 0 radical (unpaired) electrons. The average Bonchev–Trinajstić information content (AvgIpc) is 2.81. The minimum absolute atomic E-state index is 0.0947. The molecule has 0 aliphatic rings. The van der Waals surface area contributed by atoms with Crippen molar-refractivity contribution in [2.75, 3.05) is 7.11 Å². The molecule has 3 aromatic carbocycles. The van der Waals surface area contributed by atoms with E-state index < -0.39 is 14.4 Å². The van der Waals surface area contributed by atoms with Crippen LogP contribution in [0.25, 0.3) is 0 Å². The maximum absolute atomic E-state index is 11.7. The van der Waals surface area contributed by atoms with Crippen molar-refractivity contribution in [3.63, 3.8) is 0 Å². The summed E-state index contributed by atoms with van der Waals surface area (Å²) in [6.45, 7) is 9.37. The summed E-state index contributed by atoms with van der Waals surface area (Å²) in [5, 5.41) is 2.41. The highest BCUT2D eigenvalue weighted by Gasteiger charge is 2.50. The molecule has 0 heterocycles.